The van der Waals surface area contributed by atoms with E-state index in [-0.39, 0.29) is 27.7 Å². The van der Waals surface area contributed by atoms with Gasteiger partial charge < -0.3 is 10.3 Å². The second-order valence-electron chi connectivity index (χ2n) is 5.02. The lowest BCUT2D eigenvalue weighted by Crippen LogP contribution is -2.43. The van der Waals surface area contributed by atoms with E-state index in [2.05, 4.69) is 10.3 Å². The number of aromatic amines is 1. The lowest BCUT2D eigenvalue weighted by molar-refractivity contribution is -0.138. The van der Waals surface area contributed by atoms with Gasteiger partial charge >= 0.3 is 11.9 Å². The zero-order valence-electron chi connectivity index (χ0n) is 12.5. The predicted molar refractivity (Wildman–Crippen MR) is 80.8 cm³/mol. The third-order valence-corrected chi connectivity index (χ3v) is 3.57. The van der Waals surface area contributed by atoms with E-state index in [0.29, 0.717) is 6.07 Å². The van der Waals surface area contributed by atoms with Gasteiger partial charge in [0.15, 0.2) is 0 Å². The van der Waals surface area contributed by atoms with Gasteiger partial charge in [0.2, 0.25) is 10.0 Å². The van der Waals surface area contributed by atoms with Crippen LogP contribution in [0, 0.1) is 0 Å². The molecule has 0 fully saturated rings. The maximum atomic E-state index is 13.1. The molecular formula is C12H13F3N4O4S. The summed E-state index contributed by atoms with van der Waals surface area (Å²) in [4.78, 5) is 27.8. The summed E-state index contributed by atoms with van der Waals surface area (Å²) >= 11 is 0. The Kier molecular flexibility index (Phi) is 4.46. The van der Waals surface area contributed by atoms with Crippen molar-refractivity contribution in [1.82, 2.24) is 15.0 Å². The van der Waals surface area contributed by atoms with Crippen molar-refractivity contribution in [2.45, 2.75) is 12.7 Å². The lowest BCUT2D eigenvalue weighted by Gasteiger charge is -2.14. The summed E-state index contributed by atoms with van der Waals surface area (Å²) < 4.78 is 61.9. The van der Waals surface area contributed by atoms with E-state index in [0.717, 1.165) is 12.3 Å². The summed E-state index contributed by atoms with van der Waals surface area (Å²) in [5.41, 5.74) is -3.85. The van der Waals surface area contributed by atoms with Crippen LogP contribution in [0.1, 0.15) is 11.1 Å². The molecule has 1 aromatic carbocycles. The molecule has 24 heavy (non-hydrogen) atoms. The fourth-order valence-corrected chi connectivity index (χ4v) is 2.66. The standard InChI is InChI=1S/C12H13F3N4O4S/c1-16-5-6-3-7-9(4-8(6)12(13,14)15)17-11(21)19(10(7)20)18-24(2,22)23/h3-4,16,18H,5H2,1-2H3,(H,17,21). The van der Waals surface area contributed by atoms with Crippen molar-refractivity contribution in [3.8, 4) is 0 Å². The van der Waals surface area contributed by atoms with Gasteiger partial charge in [0.25, 0.3) is 5.56 Å². The van der Waals surface area contributed by atoms with Gasteiger partial charge in [-0.15, -0.1) is 0 Å². The van der Waals surface area contributed by atoms with Crippen molar-refractivity contribution in [2.75, 3.05) is 18.1 Å². The molecule has 0 aliphatic heterocycles. The molecule has 0 spiro atoms. The van der Waals surface area contributed by atoms with E-state index >= 15 is 0 Å². The van der Waals surface area contributed by atoms with E-state index in [1.54, 1.807) is 4.83 Å². The molecule has 0 radical (unpaired) electrons. The average Bonchev–Trinajstić information content (AvgIpc) is 2.42. The Labute approximate surface area is 133 Å². The predicted octanol–water partition coefficient (Wildman–Crippen LogP) is -0.0689. The van der Waals surface area contributed by atoms with Crippen LogP contribution in [0.5, 0.6) is 0 Å². The SMILES string of the molecule is CNCc1cc2c(=O)n(NS(C)(=O)=O)c(=O)[nH]c2cc1C(F)(F)F. The Balaban J connectivity index is 2.85. The number of sulfonamides is 1. The molecule has 8 nitrogen and oxygen atoms in total. The second kappa shape index (κ2) is 5.94. The maximum Gasteiger partial charge on any atom is 0.416 e. The molecule has 1 heterocycles. The Morgan fingerprint density at radius 3 is 2.38 bits per heavy atom. The number of rotatable bonds is 4. The van der Waals surface area contributed by atoms with Gasteiger partial charge in [-0.2, -0.15) is 17.8 Å². The normalized spacial score (nSPS) is 12.5. The fourth-order valence-electron chi connectivity index (χ4n) is 2.16. The van der Waals surface area contributed by atoms with Crippen molar-refractivity contribution in [3.63, 3.8) is 0 Å². The number of benzene rings is 1. The van der Waals surface area contributed by atoms with Crippen LogP contribution >= 0.6 is 0 Å². The van der Waals surface area contributed by atoms with Crippen LogP contribution in [0.3, 0.4) is 0 Å². The molecule has 12 heteroatoms. The molecule has 0 saturated heterocycles. The van der Waals surface area contributed by atoms with Crippen LogP contribution in [0.15, 0.2) is 21.7 Å². The lowest BCUT2D eigenvalue weighted by atomic mass is 10.0. The van der Waals surface area contributed by atoms with Crippen LogP contribution in [-0.4, -0.2) is 31.4 Å². The van der Waals surface area contributed by atoms with Crippen molar-refractivity contribution < 1.29 is 21.6 Å². The number of halogens is 3. The summed E-state index contributed by atoms with van der Waals surface area (Å²) in [7, 11) is -2.51. The minimum Gasteiger partial charge on any atom is -0.316 e. The average molecular weight is 366 g/mol. The highest BCUT2D eigenvalue weighted by atomic mass is 32.2. The quantitative estimate of drug-likeness (QED) is 0.701. The first kappa shape index (κ1) is 18.0. The van der Waals surface area contributed by atoms with Crippen LogP contribution in [0.25, 0.3) is 10.9 Å². The first-order chi connectivity index (χ1) is 10.9. The third-order valence-electron chi connectivity index (χ3n) is 3.05. The van der Waals surface area contributed by atoms with Gasteiger partial charge in [-0.3, -0.25) is 4.79 Å². The summed E-state index contributed by atoms with van der Waals surface area (Å²) in [5.74, 6) is 0. The van der Waals surface area contributed by atoms with Crippen LogP contribution < -0.4 is 21.4 Å². The van der Waals surface area contributed by atoms with Crippen molar-refractivity contribution >= 4 is 20.9 Å². The van der Waals surface area contributed by atoms with E-state index in [9.17, 15) is 31.2 Å². The van der Waals surface area contributed by atoms with Gasteiger partial charge in [-0.05, 0) is 24.7 Å². The molecule has 1 aromatic heterocycles. The number of hydrogen-bond donors (Lipinski definition) is 3. The number of alkyl halides is 3. The topological polar surface area (TPSA) is 113 Å². The maximum absolute atomic E-state index is 13.1. The smallest absolute Gasteiger partial charge is 0.316 e. The Morgan fingerprint density at radius 2 is 1.88 bits per heavy atom. The Bertz CT molecular complexity index is 1010. The third kappa shape index (κ3) is 3.59. The molecular weight excluding hydrogens is 353 g/mol. The minimum atomic E-state index is -4.68. The van der Waals surface area contributed by atoms with Gasteiger partial charge in [-0.25, -0.2) is 18.0 Å². The van der Waals surface area contributed by atoms with Crippen molar-refractivity contribution in [2.24, 2.45) is 0 Å². The summed E-state index contributed by atoms with van der Waals surface area (Å²) in [6, 6.07) is 1.61. The largest absolute Gasteiger partial charge is 0.416 e. The molecule has 0 amide bonds. The number of H-pyrrole nitrogens is 1. The number of nitrogens with zero attached hydrogens (tertiary/aromatic N) is 1. The van der Waals surface area contributed by atoms with Crippen molar-refractivity contribution in [1.29, 1.82) is 0 Å². The molecule has 132 valence electrons. The van der Waals surface area contributed by atoms with Crippen LogP contribution in [0.4, 0.5) is 13.2 Å². The molecule has 0 aliphatic carbocycles. The Hall–Kier alpha value is -2.34. The van der Waals surface area contributed by atoms with Gasteiger partial charge in [-0.1, -0.05) is 0 Å². The van der Waals surface area contributed by atoms with Crippen LogP contribution in [0.2, 0.25) is 0 Å². The first-order valence-electron chi connectivity index (χ1n) is 6.45. The molecule has 0 unspecified atom stereocenters. The summed E-state index contributed by atoms with van der Waals surface area (Å²) in [6.45, 7) is -0.178. The van der Waals surface area contributed by atoms with E-state index in [1.807, 2.05) is 0 Å². The highest BCUT2D eigenvalue weighted by Gasteiger charge is 2.34. The number of hydrogen-bond acceptors (Lipinski definition) is 5. The molecule has 3 N–H and O–H groups in total. The second-order valence-corrected chi connectivity index (χ2v) is 6.74. The van der Waals surface area contributed by atoms with Gasteiger partial charge in [0.05, 0.1) is 22.7 Å². The molecule has 0 atom stereocenters. The molecule has 0 aliphatic rings. The number of fused-ring (bicyclic) bond motifs is 1. The van der Waals surface area contributed by atoms with Crippen molar-refractivity contribution in [3.05, 3.63) is 44.1 Å². The summed E-state index contributed by atoms with van der Waals surface area (Å²) in [6.07, 6.45) is -3.96. The van der Waals surface area contributed by atoms with Gasteiger partial charge in [0.1, 0.15) is 0 Å². The monoisotopic (exact) mass is 366 g/mol. The zero-order valence-corrected chi connectivity index (χ0v) is 13.3. The van der Waals surface area contributed by atoms with E-state index < -0.39 is 33.0 Å². The molecule has 0 saturated carbocycles. The molecule has 0 bridgehead atoms. The Morgan fingerprint density at radius 1 is 1.25 bits per heavy atom. The highest BCUT2D eigenvalue weighted by molar-refractivity contribution is 7.91. The fraction of sp³-hybridized carbons (Fsp3) is 0.333. The van der Waals surface area contributed by atoms with Gasteiger partial charge in [0, 0.05) is 6.54 Å². The highest BCUT2D eigenvalue weighted by Crippen LogP contribution is 2.33. The van der Waals surface area contributed by atoms with Crippen LogP contribution in [-0.2, 0) is 22.7 Å². The van der Waals surface area contributed by atoms with E-state index in [4.69, 9.17) is 0 Å². The number of aromatic nitrogens is 2. The number of nitrogens with one attached hydrogen (secondary N) is 3. The first-order valence-corrected chi connectivity index (χ1v) is 8.34. The summed E-state index contributed by atoms with van der Waals surface area (Å²) in [5, 5.41) is 2.29. The molecule has 2 aromatic rings. The zero-order chi connectivity index (χ0) is 18.3. The minimum absolute atomic E-state index is 0.178. The van der Waals surface area contributed by atoms with E-state index in [1.165, 1.54) is 7.05 Å². The molecule has 2 rings (SSSR count).